The fourth-order valence-electron chi connectivity index (χ4n) is 3.11. The van der Waals surface area contributed by atoms with Gasteiger partial charge in [-0.25, -0.2) is 0 Å². The van der Waals surface area contributed by atoms with Crippen LogP contribution >= 0.6 is 31.9 Å². The van der Waals surface area contributed by atoms with Gasteiger partial charge in [-0.05, 0) is 82.0 Å². The number of H-pyrrole nitrogens is 1. The Hall–Kier alpha value is -1.80. The molecule has 0 unspecified atom stereocenters. The number of ether oxygens (including phenoxy) is 1. The molecule has 1 fully saturated rings. The van der Waals surface area contributed by atoms with E-state index in [9.17, 15) is 9.59 Å². The number of halogens is 2. The Morgan fingerprint density at radius 3 is 2.44 bits per heavy atom. The number of carbonyl (C=O) groups is 2. The Labute approximate surface area is 174 Å². The molecule has 0 saturated carbocycles. The molecule has 6 nitrogen and oxygen atoms in total. The van der Waals surface area contributed by atoms with Gasteiger partial charge in [0.1, 0.15) is 5.69 Å². The second-order valence-electron chi connectivity index (χ2n) is 6.36. The lowest BCUT2D eigenvalue weighted by molar-refractivity contribution is -0.148. The molecule has 1 saturated heterocycles. The fourth-order valence-corrected chi connectivity index (χ4v) is 3.77. The summed E-state index contributed by atoms with van der Waals surface area (Å²) in [4.78, 5) is 29.3. The van der Waals surface area contributed by atoms with Gasteiger partial charge in [0.15, 0.2) is 0 Å². The first kappa shape index (κ1) is 19.9. The first-order chi connectivity index (χ1) is 13.0. The van der Waals surface area contributed by atoms with Crippen LogP contribution in [-0.2, 0) is 9.53 Å². The van der Waals surface area contributed by atoms with Crippen molar-refractivity contribution in [3.63, 3.8) is 0 Å². The molecule has 1 aromatic carbocycles. The van der Waals surface area contributed by atoms with Crippen LogP contribution < -0.4 is 10.2 Å². The molecule has 0 bridgehead atoms. The second-order valence-corrected chi connectivity index (χ2v) is 8.01. The largest absolute Gasteiger partial charge is 0.466 e. The molecule has 0 atom stereocenters. The second kappa shape index (κ2) is 8.93. The topological polar surface area (TPSA) is 74.4 Å². The summed E-state index contributed by atoms with van der Waals surface area (Å²) in [6.07, 6.45) is 1.60. The highest BCUT2D eigenvalue weighted by Crippen LogP contribution is 2.26. The minimum atomic E-state index is -0.204. The van der Waals surface area contributed by atoms with Crippen molar-refractivity contribution < 1.29 is 14.3 Å². The van der Waals surface area contributed by atoms with Crippen LogP contribution in [-0.4, -0.2) is 36.6 Å². The Morgan fingerprint density at radius 1 is 1.22 bits per heavy atom. The summed E-state index contributed by atoms with van der Waals surface area (Å²) in [5.74, 6) is -0.290. The van der Waals surface area contributed by atoms with Gasteiger partial charge in [-0.2, -0.15) is 0 Å². The van der Waals surface area contributed by atoms with Crippen molar-refractivity contribution in [1.29, 1.82) is 0 Å². The van der Waals surface area contributed by atoms with Gasteiger partial charge in [-0.3, -0.25) is 9.59 Å². The van der Waals surface area contributed by atoms with E-state index < -0.39 is 0 Å². The van der Waals surface area contributed by atoms with Crippen LogP contribution in [0, 0.1) is 5.92 Å². The Morgan fingerprint density at radius 2 is 1.89 bits per heavy atom. The number of hydrogen-bond donors (Lipinski definition) is 2. The highest BCUT2D eigenvalue weighted by molar-refractivity contribution is 9.13. The maximum Gasteiger partial charge on any atom is 0.309 e. The summed E-state index contributed by atoms with van der Waals surface area (Å²) >= 11 is 6.68. The Balaban J connectivity index is 1.56. The molecule has 3 rings (SSSR count). The van der Waals surface area contributed by atoms with Crippen molar-refractivity contribution in [3.8, 4) is 0 Å². The fraction of sp³-hybridized carbons (Fsp3) is 0.368. The maximum absolute atomic E-state index is 12.3. The van der Waals surface area contributed by atoms with E-state index in [4.69, 9.17) is 4.74 Å². The molecule has 8 heteroatoms. The first-order valence-corrected chi connectivity index (χ1v) is 10.4. The van der Waals surface area contributed by atoms with Crippen LogP contribution in [0.15, 0.2) is 39.4 Å². The highest BCUT2D eigenvalue weighted by Gasteiger charge is 2.26. The minimum Gasteiger partial charge on any atom is -0.466 e. The van der Waals surface area contributed by atoms with Gasteiger partial charge >= 0.3 is 5.97 Å². The van der Waals surface area contributed by atoms with Crippen LogP contribution in [0.2, 0.25) is 0 Å². The zero-order chi connectivity index (χ0) is 19.4. The summed E-state index contributed by atoms with van der Waals surface area (Å²) in [6.45, 7) is 3.91. The molecule has 2 heterocycles. The van der Waals surface area contributed by atoms with E-state index in [1.54, 1.807) is 6.07 Å². The van der Waals surface area contributed by atoms with Gasteiger partial charge in [0.2, 0.25) is 0 Å². The number of nitrogens with one attached hydrogen (secondary N) is 2. The highest BCUT2D eigenvalue weighted by atomic mass is 79.9. The smallest absolute Gasteiger partial charge is 0.309 e. The van der Waals surface area contributed by atoms with E-state index in [2.05, 4.69) is 47.1 Å². The Bertz CT molecular complexity index is 793. The number of esters is 1. The maximum atomic E-state index is 12.3. The standard InChI is InChI=1S/C19H21Br2N3O3/c1-2-27-19(26)12-7-9-24(10-8-12)14-5-3-13(4-6-14)22-18(25)16-11-15(20)17(21)23-16/h3-6,11-12,23H,2,7-10H2,1H3,(H,22,25). The zero-order valence-corrected chi connectivity index (χ0v) is 18.1. The lowest BCUT2D eigenvalue weighted by atomic mass is 9.96. The lowest BCUT2D eigenvalue weighted by Gasteiger charge is -2.32. The van der Waals surface area contributed by atoms with E-state index in [0.717, 1.165) is 46.4 Å². The number of hydrogen-bond acceptors (Lipinski definition) is 4. The van der Waals surface area contributed by atoms with Gasteiger partial charge in [0.25, 0.3) is 5.91 Å². The summed E-state index contributed by atoms with van der Waals surface area (Å²) in [5, 5.41) is 2.87. The normalized spacial score (nSPS) is 14.9. The molecule has 27 heavy (non-hydrogen) atoms. The van der Waals surface area contributed by atoms with Crippen LogP contribution in [0.25, 0.3) is 0 Å². The molecule has 1 aliphatic rings. The monoisotopic (exact) mass is 497 g/mol. The number of nitrogens with zero attached hydrogens (tertiary/aromatic N) is 1. The molecule has 0 spiro atoms. The predicted molar refractivity (Wildman–Crippen MR) is 112 cm³/mol. The third-order valence-electron chi connectivity index (χ3n) is 4.57. The number of carbonyl (C=O) groups excluding carboxylic acids is 2. The van der Waals surface area contributed by atoms with Crippen molar-refractivity contribution in [2.24, 2.45) is 5.92 Å². The molecule has 1 amide bonds. The molecular formula is C19H21Br2N3O3. The molecular weight excluding hydrogens is 478 g/mol. The predicted octanol–water partition coefficient (Wildman–Crippen LogP) is 4.57. The van der Waals surface area contributed by atoms with Crippen molar-refractivity contribution >= 4 is 55.1 Å². The molecule has 144 valence electrons. The molecule has 1 aromatic heterocycles. The third-order valence-corrected chi connectivity index (χ3v) is 6.36. The molecule has 0 radical (unpaired) electrons. The number of aromatic amines is 1. The van der Waals surface area contributed by atoms with E-state index in [-0.39, 0.29) is 17.8 Å². The molecule has 2 N–H and O–H groups in total. The summed E-state index contributed by atoms with van der Waals surface area (Å²) < 4.78 is 6.65. The summed E-state index contributed by atoms with van der Waals surface area (Å²) in [6, 6.07) is 9.47. The van der Waals surface area contributed by atoms with Crippen LogP contribution in [0.4, 0.5) is 11.4 Å². The SMILES string of the molecule is CCOC(=O)C1CCN(c2ccc(NC(=O)c3cc(Br)c(Br)[nH]3)cc2)CC1. The third kappa shape index (κ3) is 4.93. The minimum absolute atomic E-state index is 0.000736. The first-order valence-electron chi connectivity index (χ1n) is 8.85. The number of piperidine rings is 1. The number of amides is 1. The van der Waals surface area contributed by atoms with E-state index in [1.807, 2.05) is 31.2 Å². The number of anilines is 2. The van der Waals surface area contributed by atoms with Gasteiger partial charge < -0.3 is 19.9 Å². The van der Waals surface area contributed by atoms with Crippen molar-refractivity contribution in [3.05, 3.63) is 45.1 Å². The molecule has 0 aliphatic carbocycles. The van der Waals surface area contributed by atoms with E-state index >= 15 is 0 Å². The van der Waals surface area contributed by atoms with E-state index in [1.165, 1.54) is 0 Å². The van der Waals surface area contributed by atoms with Crippen molar-refractivity contribution in [2.45, 2.75) is 19.8 Å². The van der Waals surface area contributed by atoms with Crippen molar-refractivity contribution in [2.75, 3.05) is 29.9 Å². The van der Waals surface area contributed by atoms with Crippen LogP contribution in [0.1, 0.15) is 30.3 Å². The van der Waals surface area contributed by atoms with Crippen molar-refractivity contribution in [1.82, 2.24) is 4.98 Å². The quantitative estimate of drug-likeness (QED) is 0.592. The van der Waals surface area contributed by atoms with Crippen LogP contribution in [0.3, 0.4) is 0 Å². The average Bonchev–Trinajstić information content (AvgIpc) is 3.02. The molecule has 2 aromatic rings. The average molecular weight is 499 g/mol. The van der Waals surface area contributed by atoms with Gasteiger partial charge in [-0.1, -0.05) is 0 Å². The van der Waals surface area contributed by atoms with Crippen LogP contribution in [0.5, 0.6) is 0 Å². The number of benzene rings is 1. The zero-order valence-electron chi connectivity index (χ0n) is 14.9. The number of aromatic nitrogens is 1. The lowest BCUT2D eigenvalue weighted by Crippen LogP contribution is -2.36. The number of rotatable bonds is 5. The summed E-state index contributed by atoms with van der Waals surface area (Å²) in [7, 11) is 0. The van der Waals surface area contributed by atoms with Gasteiger partial charge in [0.05, 0.1) is 21.6 Å². The van der Waals surface area contributed by atoms with Gasteiger partial charge in [-0.15, -0.1) is 0 Å². The Kier molecular flexibility index (Phi) is 6.59. The molecule has 1 aliphatic heterocycles. The van der Waals surface area contributed by atoms with E-state index in [0.29, 0.717) is 12.3 Å². The van der Waals surface area contributed by atoms with Gasteiger partial charge in [0, 0.05) is 24.5 Å². The summed E-state index contributed by atoms with van der Waals surface area (Å²) in [5.41, 5.74) is 2.28.